The third-order valence-corrected chi connectivity index (χ3v) is 1.12. The van der Waals surface area contributed by atoms with Gasteiger partial charge in [-0.3, -0.25) is 0 Å². The monoisotopic (exact) mass is 108 g/mol. The summed E-state index contributed by atoms with van der Waals surface area (Å²) in [5, 5.41) is 7.99. The van der Waals surface area contributed by atoms with E-state index in [-0.39, 0.29) is 6.61 Å². The minimum Gasteiger partial charge on any atom is -0.396 e. The average Bonchev–Trinajstić information content (AvgIpc) is 1.41. The molecular formula is C2H5OPS. The van der Waals surface area contributed by atoms with E-state index < -0.39 is 0 Å². The van der Waals surface area contributed by atoms with Crippen molar-refractivity contribution in [1.29, 1.82) is 0 Å². The fraction of sp³-hybridized carbons (Fsp3) is 1.00. The first-order chi connectivity index (χ1) is 2.41. The zero-order valence-electron chi connectivity index (χ0n) is 2.72. The van der Waals surface area contributed by atoms with Crippen LogP contribution in [0.2, 0.25) is 0 Å². The van der Waals surface area contributed by atoms with Gasteiger partial charge in [-0.15, -0.1) is 0 Å². The summed E-state index contributed by atoms with van der Waals surface area (Å²) < 4.78 is 0. The van der Waals surface area contributed by atoms with E-state index in [0.29, 0.717) is 0 Å². The van der Waals surface area contributed by atoms with E-state index in [0.717, 1.165) is 13.5 Å². The smallest absolute Gasteiger partial charge is 0.0514 e. The van der Waals surface area contributed by atoms with Crippen molar-refractivity contribution in [2.45, 2.75) is 0 Å². The van der Waals surface area contributed by atoms with E-state index in [1.54, 1.807) is 0 Å². The van der Waals surface area contributed by atoms with Crippen molar-refractivity contribution in [3.8, 4) is 0 Å². The van der Waals surface area contributed by atoms with Crippen molar-refractivity contribution >= 4 is 19.2 Å². The van der Waals surface area contributed by atoms with Crippen LogP contribution in [0.3, 0.4) is 0 Å². The van der Waals surface area contributed by atoms with Crippen molar-refractivity contribution in [2.75, 3.05) is 12.8 Å². The number of rotatable bonds is 2. The topological polar surface area (TPSA) is 20.2 Å². The van der Waals surface area contributed by atoms with E-state index in [2.05, 4.69) is 11.8 Å². The zero-order chi connectivity index (χ0) is 4.12. The molecule has 0 aromatic rings. The molecule has 0 radical (unpaired) electrons. The van der Waals surface area contributed by atoms with E-state index in [1.165, 1.54) is 0 Å². The van der Waals surface area contributed by atoms with Crippen LogP contribution in [0.5, 0.6) is 0 Å². The second-order valence-corrected chi connectivity index (χ2v) is 2.06. The van der Waals surface area contributed by atoms with Crippen LogP contribution in [0.1, 0.15) is 0 Å². The first-order valence-electron chi connectivity index (χ1n) is 1.32. The van der Waals surface area contributed by atoms with Crippen molar-refractivity contribution in [1.82, 2.24) is 0 Å². The fourth-order valence-corrected chi connectivity index (χ4v) is 0.367. The molecule has 0 rings (SSSR count). The molecule has 0 saturated carbocycles. The van der Waals surface area contributed by atoms with E-state index in [9.17, 15) is 0 Å². The van der Waals surface area contributed by atoms with Gasteiger partial charge in [0.05, 0.1) is 6.61 Å². The Morgan fingerprint density at radius 1 is 1.80 bits per heavy atom. The Hall–Kier alpha value is 0.480. The molecule has 3 heteroatoms. The minimum absolute atomic E-state index is 0.227. The van der Waals surface area contributed by atoms with Crippen LogP contribution in [-0.4, -0.2) is 17.9 Å². The molecule has 0 aliphatic carbocycles. The second kappa shape index (κ2) is 4.48. The SMILES string of the molecule is OCCP=S. The molecule has 0 bridgehead atoms. The molecule has 1 nitrogen and oxygen atoms in total. The van der Waals surface area contributed by atoms with Crippen LogP contribution in [-0.2, 0) is 11.8 Å². The molecule has 0 unspecified atom stereocenters. The lowest BCUT2D eigenvalue weighted by atomic mass is 10.9. The van der Waals surface area contributed by atoms with E-state index in [4.69, 9.17) is 5.11 Å². The molecule has 0 heterocycles. The van der Waals surface area contributed by atoms with Gasteiger partial charge < -0.3 is 5.11 Å². The minimum atomic E-state index is 0.227. The molecule has 1 N–H and O–H groups in total. The summed E-state index contributed by atoms with van der Waals surface area (Å²) >= 11 is 4.46. The Morgan fingerprint density at radius 2 is 2.40 bits per heavy atom. The lowest BCUT2D eigenvalue weighted by molar-refractivity contribution is 0.322. The van der Waals surface area contributed by atoms with Crippen molar-refractivity contribution in [3.05, 3.63) is 0 Å². The predicted octanol–water partition coefficient (Wildman–Crippen LogP) is 0.387. The first-order valence-corrected chi connectivity index (χ1v) is 3.41. The van der Waals surface area contributed by atoms with Gasteiger partial charge in [0.2, 0.25) is 0 Å². The molecular weight excluding hydrogens is 103 g/mol. The highest BCUT2D eigenvalue weighted by atomic mass is 32.4. The van der Waals surface area contributed by atoms with Crippen LogP contribution < -0.4 is 0 Å². The van der Waals surface area contributed by atoms with Crippen molar-refractivity contribution in [2.24, 2.45) is 0 Å². The third kappa shape index (κ3) is 4.48. The molecule has 0 aliphatic heterocycles. The second-order valence-electron chi connectivity index (χ2n) is 0.576. The van der Waals surface area contributed by atoms with Crippen LogP contribution >= 0.6 is 7.36 Å². The molecule has 0 aliphatic rings. The van der Waals surface area contributed by atoms with Gasteiger partial charge in [-0.25, -0.2) is 0 Å². The van der Waals surface area contributed by atoms with Crippen molar-refractivity contribution < 1.29 is 5.11 Å². The molecule has 0 spiro atoms. The quantitative estimate of drug-likeness (QED) is 0.516. The molecule has 0 amide bonds. The summed E-state index contributed by atoms with van der Waals surface area (Å²) in [6, 6.07) is 0. The first kappa shape index (κ1) is 5.48. The summed E-state index contributed by atoms with van der Waals surface area (Å²) in [5.41, 5.74) is 0. The van der Waals surface area contributed by atoms with Crippen LogP contribution in [0.15, 0.2) is 0 Å². The Kier molecular flexibility index (Phi) is 4.91. The Balaban J connectivity index is 2.40. The van der Waals surface area contributed by atoms with Crippen LogP contribution in [0.4, 0.5) is 0 Å². The third-order valence-electron chi connectivity index (χ3n) is 0.191. The molecule has 5 heavy (non-hydrogen) atoms. The number of hydrogen-bond donors (Lipinski definition) is 1. The maximum absolute atomic E-state index is 7.99. The van der Waals surface area contributed by atoms with Gasteiger partial charge in [-0.1, -0.05) is 11.8 Å². The largest absolute Gasteiger partial charge is 0.396 e. The molecule has 0 fully saturated rings. The van der Waals surface area contributed by atoms with Gasteiger partial charge in [0, 0.05) is 6.16 Å². The maximum atomic E-state index is 7.99. The molecule has 0 saturated heterocycles. The summed E-state index contributed by atoms with van der Waals surface area (Å²) in [6.07, 6.45) is 0.731. The lowest BCUT2D eigenvalue weighted by Gasteiger charge is -1.71. The average molecular weight is 108 g/mol. The number of aliphatic hydroxyl groups is 1. The summed E-state index contributed by atoms with van der Waals surface area (Å²) in [5.74, 6) is 0. The van der Waals surface area contributed by atoms with Gasteiger partial charge in [-0.2, -0.15) is 0 Å². The van der Waals surface area contributed by atoms with Crippen LogP contribution in [0, 0.1) is 0 Å². The van der Waals surface area contributed by atoms with Crippen molar-refractivity contribution in [3.63, 3.8) is 0 Å². The Bertz CT molecular complexity index is 30.8. The lowest BCUT2D eigenvalue weighted by Crippen LogP contribution is -1.76. The van der Waals surface area contributed by atoms with Gasteiger partial charge in [0.15, 0.2) is 0 Å². The van der Waals surface area contributed by atoms with Crippen LogP contribution in [0.25, 0.3) is 0 Å². The predicted molar refractivity (Wildman–Crippen MR) is 26.2 cm³/mol. The normalized spacial score (nSPS) is 9.00. The summed E-state index contributed by atoms with van der Waals surface area (Å²) in [4.78, 5) is 0. The van der Waals surface area contributed by atoms with E-state index in [1.807, 2.05) is 0 Å². The highest BCUT2D eigenvalue weighted by Crippen LogP contribution is 1.84. The van der Waals surface area contributed by atoms with E-state index >= 15 is 0 Å². The molecule has 30 valence electrons. The highest BCUT2D eigenvalue weighted by molar-refractivity contribution is 7.96. The molecule has 0 aromatic heterocycles. The van der Waals surface area contributed by atoms with Gasteiger partial charge in [0.25, 0.3) is 0 Å². The van der Waals surface area contributed by atoms with Gasteiger partial charge >= 0.3 is 0 Å². The zero-order valence-corrected chi connectivity index (χ0v) is 4.43. The Labute approximate surface area is 37.8 Å². The maximum Gasteiger partial charge on any atom is 0.0514 e. The van der Waals surface area contributed by atoms with Gasteiger partial charge in [0.1, 0.15) is 0 Å². The Morgan fingerprint density at radius 3 is 2.40 bits per heavy atom. The van der Waals surface area contributed by atoms with Gasteiger partial charge in [-0.05, 0) is 7.36 Å². The fourth-order valence-electron chi connectivity index (χ4n) is 0.0408. The molecule has 0 atom stereocenters. The number of hydrogen-bond acceptors (Lipinski definition) is 2. The highest BCUT2D eigenvalue weighted by Gasteiger charge is 1.65. The summed E-state index contributed by atoms with van der Waals surface area (Å²) in [6.45, 7) is 0.227. The molecule has 0 aromatic carbocycles. The summed E-state index contributed by atoms with van der Waals surface area (Å²) in [7, 11) is 0.863. The number of aliphatic hydroxyl groups excluding tert-OH is 1. The standard InChI is InChI=1S/C2H5OPS/c3-1-2-4-5/h3H,1-2H2.